The molecule has 1 N–H and O–H groups in total. The quantitative estimate of drug-likeness (QED) is 0.856. The Hall–Kier alpha value is -0.590. The standard InChI is InChI=1S/C12H16BrNO3S/c13-11-2-1-3-12(6-11)17-4-5-18(15,16)9-10-7-14-8-10/h1-3,6,10,14H,4-5,7-9H2. The number of ether oxygens (including phenoxy) is 1. The number of sulfone groups is 1. The molecular weight excluding hydrogens is 318 g/mol. The smallest absolute Gasteiger partial charge is 0.154 e. The average Bonchev–Trinajstić information content (AvgIpc) is 2.24. The van der Waals surface area contributed by atoms with Gasteiger partial charge in [-0.2, -0.15) is 0 Å². The highest BCUT2D eigenvalue weighted by Gasteiger charge is 2.24. The Morgan fingerprint density at radius 1 is 1.39 bits per heavy atom. The second-order valence-electron chi connectivity index (χ2n) is 4.44. The first-order valence-corrected chi connectivity index (χ1v) is 8.46. The zero-order valence-corrected chi connectivity index (χ0v) is 12.3. The predicted octanol–water partition coefficient (Wildman–Crippen LogP) is 1.46. The van der Waals surface area contributed by atoms with Crippen molar-refractivity contribution in [1.29, 1.82) is 0 Å². The topological polar surface area (TPSA) is 55.4 Å². The summed E-state index contributed by atoms with van der Waals surface area (Å²) in [5.74, 6) is 1.31. The van der Waals surface area contributed by atoms with E-state index in [2.05, 4.69) is 21.2 Å². The van der Waals surface area contributed by atoms with Crippen molar-refractivity contribution >= 4 is 25.8 Å². The van der Waals surface area contributed by atoms with Gasteiger partial charge in [-0.15, -0.1) is 0 Å². The third-order valence-electron chi connectivity index (χ3n) is 2.81. The van der Waals surface area contributed by atoms with Gasteiger partial charge in [-0.1, -0.05) is 22.0 Å². The molecule has 0 radical (unpaired) electrons. The highest BCUT2D eigenvalue weighted by molar-refractivity contribution is 9.10. The zero-order valence-electron chi connectivity index (χ0n) is 9.93. The van der Waals surface area contributed by atoms with E-state index >= 15 is 0 Å². The van der Waals surface area contributed by atoms with E-state index in [1.165, 1.54) is 0 Å². The van der Waals surface area contributed by atoms with Gasteiger partial charge in [0.2, 0.25) is 0 Å². The average molecular weight is 334 g/mol. The molecule has 1 aliphatic heterocycles. The van der Waals surface area contributed by atoms with Crippen molar-refractivity contribution in [3.8, 4) is 5.75 Å². The molecule has 0 atom stereocenters. The van der Waals surface area contributed by atoms with Crippen LogP contribution in [0.4, 0.5) is 0 Å². The Morgan fingerprint density at radius 3 is 2.78 bits per heavy atom. The lowest BCUT2D eigenvalue weighted by Gasteiger charge is -2.26. The van der Waals surface area contributed by atoms with Crippen molar-refractivity contribution in [1.82, 2.24) is 5.32 Å². The fraction of sp³-hybridized carbons (Fsp3) is 0.500. The van der Waals surface area contributed by atoms with Crippen molar-refractivity contribution in [2.45, 2.75) is 0 Å². The third-order valence-corrected chi connectivity index (χ3v) is 5.08. The van der Waals surface area contributed by atoms with Crippen molar-refractivity contribution in [2.24, 2.45) is 5.92 Å². The summed E-state index contributed by atoms with van der Waals surface area (Å²) in [7, 11) is -3.00. The molecule has 4 nitrogen and oxygen atoms in total. The second kappa shape index (κ2) is 6.04. The molecule has 1 aromatic carbocycles. The molecule has 0 unspecified atom stereocenters. The zero-order chi connectivity index (χ0) is 13.0. The van der Waals surface area contributed by atoms with Crippen molar-refractivity contribution in [3.05, 3.63) is 28.7 Å². The first-order valence-electron chi connectivity index (χ1n) is 5.85. The molecule has 0 saturated carbocycles. The van der Waals surface area contributed by atoms with Gasteiger partial charge in [0, 0.05) is 17.6 Å². The Kier molecular flexibility index (Phi) is 4.64. The molecule has 6 heteroatoms. The van der Waals surface area contributed by atoms with Gasteiger partial charge in [0.15, 0.2) is 9.84 Å². The summed E-state index contributed by atoms with van der Waals surface area (Å²) in [5.41, 5.74) is 0. The SMILES string of the molecule is O=S(=O)(CCOc1cccc(Br)c1)CC1CNC1. The summed E-state index contributed by atoms with van der Waals surface area (Å²) >= 11 is 3.34. The Morgan fingerprint density at radius 2 is 2.17 bits per heavy atom. The van der Waals surface area contributed by atoms with E-state index in [1.54, 1.807) is 0 Å². The lowest BCUT2D eigenvalue weighted by atomic mass is 10.1. The Bertz CT molecular complexity index is 500. The van der Waals surface area contributed by atoms with Crippen LogP contribution in [-0.2, 0) is 9.84 Å². The van der Waals surface area contributed by atoms with Crippen LogP contribution in [0.15, 0.2) is 28.7 Å². The summed E-state index contributed by atoms with van der Waals surface area (Å²) in [4.78, 5) is 0. The maximum absolute atomic E-state index is 11.8. The van der Waals surface area contributed by atoms with Crippen LogP contribution < -0.4 is 10.1 Å². The summed E-state index contributed by atoms with van der Waals surface area (Å²) in [6.07, 6.45) is 0. The van der Waals surface area contributed by atoms with Crippen LogP contribution in [0.2, 0.25) is 0 Å². The first kappa shape index (κ1) is 13.8. The van der Waals surface area contributed by atoms with Crippen LogP contribution >= 0.6 is 15.9 Å². The van der Waals surface area contributed by atoms with Crippen LogP contribution in [0.5, 0.6) is 5.75 Å². The maximum atomic E-state index is 11.8. The number of rotatable bonds is 6. The van der Waals surface area contributed by atoms with Crippen LogP contribution in [0.3, 0.4) is 0 Å². The minimum Gasteiger partial charge on any atom is -0.492 e. The van der Waals surface area contributed by atoms with Crippen molar-refractivity contribution in [3.63, 3.8) is 0 Å². The number of hydrogen-bond donors (Lipinski definition) is 1. The van der Waals surface area contributed by atoms with Crippen LogP contribution in [0.25, 0.3) is 0 Å². The largest absolute Gasteiger partial charge is 0.492 e. The van der Waals surface area contributed by atoms with Gasteiger partial charge in [0.1, 0.15) is 12.4 Å². The van der Waals surface area contributed by atoms with Crippen LogP contribution in [-0.4, -0.2) is 39.6 Å². The normalized spacial score (nSPS) is 16.3. The second-order valence-corrected chi connectivity index (χ2v) is 7.59. The Labute approximate surface area is 116 Å². The molecule has 2 rings (SSSR count). The van der Waals surface area contributed by atoms with Gasteiger partial charge in [-0.05, 0) is 24.1 Å². The molecular formula is C12H16BrNO3S. The maximum Gasteiger partial charge on any atom is 0.154 e. The van der Waals surface area contributed by atoms with E-state index in [0.29, 0.717) is 5.75 Å². The molecule has 0 bridgehead atoms. The van der Waals surface area contributed by atoms with Gasteiger partial charge in [-0.25, -0.2) is 8.42 Å². The van der Waals surface area contributed by atoms with E-state index < -0.39 is 9.84 Å². The Balaban J connectivity index is 1.77. The summed E-state index contributed by atoms with van der Waals surface area (Å²) in [6, 6.07) is 7.39. The highest BCUT2D eigenvalue weighted by atomic mass is 79.9. The van der Waals surface area contributed by atoms with E-state index in [0.717, 1.165) is 17.6 Å². The van der Waals surface area contributed by atoms with Gasteiger partial charge in [0.25, 0.3) is 0 Å². The number of halogens is 1. The lowest BCUT2D eigenvalue weighted by Crippen LogP contribution is -2.46. The number of hydrogen-bond acceptors (Lipinski definition) is 4. The molecule has 100 valence electrons. The molecule has 1 fully saturated rings. The van der Waals surface area contributed by atoms with Gasteiger partial charge in [0.05, 0.1) is 11.5 Å². The molecule has 0 aromatic heterocycles. The molecule has 1 heterocycles. The monoisotopic (exact) mass is 333 g/mol. The molecule has 0 spiro atoms. The van der Waals surface area contributed by atoms with E-state index in [9.17, 15) is 8.42 Å². The molecule has 0 amide bonds. The van der Waals surface area contributed by atoms with Crippen molar-refractivity contribution < 1.29 is 13.2 Å². The van der Waals surface area contributed by atoms with Gasteiger partial charge >= 0.3 is 0 Å². The fourth-order valence-electron chi connectivity index (χ4n) is 1.75. The van der Waals surface area contributed by atoms with E-state index in [-0.39, 0.29) is 24.0 Å². The molecule has 1 saturated heterocycles. The predicted molar refractivity (Wildman–Crippen MR) is 74.7 cm³/mol. The van der Waals surface area contributed by atoms with Crippen LogP contribution in [0, 0.1) is 5.92 Å². The van der Waals surface area contributed by atoms with E-state index in [1.807, 2.05) is 24.3 Å². The lowest BCUT2D eigenvalue weighted by molar-refractivity contribution is 0.338. The van der Waals surface area contributed by atoms with Crippen LogP contribution in [0.1, 0.15) is 0 Å². The van der Waals surface area contributed by atoms with Gasteiger partial charge < -0.3 is 10.1 Å². The van der Waals surface area contributed by atoms with Gasteiger partial charge in [-0.3, -0.25) is 0 Å². The number of benzene rings is 1. The first-order chi connectivity index (χ1) is 8.55. The minimum absolute atomic E-state index is 0.0794. The third kappa shape index (κ3) is 4.26. The number of nitrogens with one attached hydrogen (secondary N) is 1. The van der Waals surface area contributed by atoms with Crippen molar-refractivity contribution in [2.75, 3.05) is 31.2 Å². The highest BCUT2D eigenvalue weighted by Crippen LogP contribution is 2.17. The minimum atomic E-state index is -3.00. The molecule has 1 aromatic rings. The summed E-state index contributed by atoms with van der Waals surface area (Å²) in [5, 5.41) is 3.07. The summed E-state index contributed by atoms with van der Waals surface area (Å²) in [6.45, 7) is 1.83. The molecule has 1 aliphatic rings. The molecule has 18 heavy (non-hydrogen) atoms. The fourth-order valence-corrected chi connectivity index (χ4v) is 3.59. The van der Waals surface area contributed by atoms with E-state index in [4.69, 9.17) is 4.74 Å². The summed E-state index contributed by atoms with van der Waals surface area (Å²) < 4.78 is 29.9. The molecule has 0 aliphatic carbocycles.